The number of carbonyl (C=O) groups excluding carboxylic acids is 1. The van der Waals surface area contributed by atoms with Gasteiger partial charge in [-0.05, 0) is 24.0 Å². The number of carbonyl (C=O) groups is 1. The molecule has 1 N–H and O–H groups in total. The van der Waals surface area contributed by atoms with Crippen molar-refractivity contribution in [1.82, 2.24) is 14.7 Å². The van der Waals surface area contributed by atoms with Crippen LogP contribution in [0.1, 0.15) is 30.4 Å². The molecule has 134 valence electrons. The highest BCUT2D eigenvalue weighted by molar-refractivity contribution is 5.89. The van der Waals surface area contributed by atoms with E-state index in [0.717, 1.165) is 31.6 Å². The first-order valence-electron chi connectivity index (χ1n) is 8.85. The van der Waals surface area contributed by atoms with Crippen molar-refractivity contribution in [3.8, 4) is 0 Å². The Morgan fingerprint density at radius 3 is 2.88 bits per heavy atom. The van der Waals surface area contributed by atoms with Crippen LogP contribution < -0.4 is 5.32 Å². The van der Waals surface area contributed by atoms with Gasteiger partial charge in [-0.25, -0.2) is 4.79 Å². The average Bonchev–Trinajstić information content (AvgIpc) is 3.29. The summed E-state index contributed by atoms with van der Waals surface area (Å²) < 4.78 is 6.79. The smallest absolute Gasteiger partial charge is 0.321 e. The van der Waals surface area contributed by atoms with Crippen LogP contribution in [0, 0.1) is 0 Å². The van der Waals surface area contributed by atoms with Crippen molar-refractivity contribution >= 4 is 11.7 Å². The maximum absolute atomic E-state index is 12.5. The maximum Gasteiger partial charge on any atom is 0.321 e. The van der Waals surface area contributed by atoms with Crippen LogP contribution in [0.4, 0.5) is 10.5 Å². The van der Waals surface area contributed by atoms with E-state index in [-0.39, 0.29) is 6.03 Å². The normalized spacial score (nSPS) is 17.0. The zero-order chi connectivity index (χ0) is 17.6. The van der Waals surface area contributed by atoms with Crippen LogP contribution >= 0.6 is 0 Å². The molecule has 3 rings (SSSR count). The second kappa shape index (κ2) is 8.16. The van der Waals surface area contributed by atoms with Crippen molar-refractivity contribution in [2.24, 2.45) is 0 Å². The molecule has 1 fully saturated rings. The van der Waals surface area contributed by atoms with Gasteiger partial charge in [-0.1, -0.05) is 31.2 Å². The molecule has 25 heavy (non-hydrogen) atoms. The van der Waals surface area contributed by atoms with Crippen molar-refractivity contribution in [3.63, 3.8) is 0 Å². The second-order valence-corrected chi connectivity index (χ2v) is 6.44. The van der Waals surface area contributed by atoms with Gasteiger partial charge in [0.1, 0.15) is 0 Å². The van der Waals surface area contributed by atoms with Crippen molar-refractivity contribution in [2.45, 2.75) is 32.2 Å². The molecule has 0 spiro atoms. The topological polar surface area (TPSA) is 59.4 Å². The highest BCUT2D eigenvalue weighted by atomic mass is 16.5. The van der Waals surface area contributed by atoms with Crippen LogP contribution in [-0.2, 0) is 17.7 Å². The number of benzene rings is 1. The first-order chi connectivity index (χ1) is 12.2. The van der Waals surface area contributed by atoms with Crippen LogP contribution in [-0.4, -0.2) is 47.5 Å². The third-order valence-corrected chi connectivity index (χ3v) is 4.74. The summed E-state index contributed by atoms with van der Waals surface area (Å²) in [7, 11) is 1.66. The van der Waals surface area contributed by atoms with Crippen LogP contribution in [0.2, 0.25) is 0 Å². The molecule has 6 nitrogen and oxygen atoms in total. The van der Waals surface area contributed by atoms with Gasteiger partial charge in [0.15, 0.2) is 0 Å². The predicted octanol–water partition coefficient (Wildman–Crippen LogP) is 3.11. The summed E-state index contributed by atoms with van der Waals surface area (Å²) in [5, 5.41) is 7.15. The molecule has 6 heteroatoms. The summed E-state index contributed by atoms with van der Waals surface area (Å²) in [6.45, 7) is 4.97. The minimum atomic E-state index is -0.0565. The molecule has 0 aliphatic carbocycles. The number of nitrogens with one attached hydrogen (secondary N) is 1. The minimum Gasteiger partial charge on any atom is -0.383 e. The SMILES string of the molecule is CCc1ccc(C2CCN(C(=O)Nc3cnn(CCOC)c3)C2)cc1. The standard InChI is InChI=1S/C19H26N4O2/c1-3-15-4-6-16(7-5-15)17-8-9-22(13-17)19(24)21-18-12-20-23(14-18)10-11-25-2/h4-7,12,14,17H,3,8-11,13H2,1-2H3,(H,21,24). The van der Waals surface area contributed by atoms with Gasteiger partial charge < -0.3 is 15.0 Å². The molecule has 1 aliphatic heterocycles. The first kappa shape index (κ1) is 17.5. The third-order valence-electron chi connectivity index (χ3n) is 4.74. The Hall–Kier alpha value is -2.34. The fourth-order valence-electron chi connectivity index (χ4n) is 3.18. The van der Waals surface area contributed by atoms with Crippen molar-refractivity contribution in [3.05, 3.63) is 47.8 Å². The number of hydrogen-bond acceptors (Lipinski definition) is 3. The van der Waals surface area contributed by atoms with Gasteiger partial charge in [-0.2, -0.15) is 5.10 Å². The predicted molar refractivity (Wildman–Crippen MR) is 97.9 cm³/mol. The molecule has 2 amide bonds. The number of likely N-dealkylation sites (tertiary alicyclic amines) is 1. The first-order valence-corrected chi connectivity index (χ1v) is 8.85. The number of anilines is 1. The quantitative estimate of drug-likeness (QED) is 0.877. The van der Waals surface area contributed by atoms with Gasteiger partial charge in [-0.3, -0.25) is 4.68 Å². The third kappa shape index (κ3) is 4.39. The maximum atomic E-state index is 12.5. The molecule has 1 unspecified atom stereocenters. The summed E-state index contributed by atoms with van der Waals surface area (Å²) in [6, 6.07) is 8.72. The van der Waals surface area contributed by atoms with Crippen molar-refractivity contribution < 1.29 is 9.53 Å². The number of hydrogen-bond donors (Lipinski definition) is 1. The van der Waals surface area contributed by atoms with Gasteiger partial charge in [0.05, 0.1) is 25.0 Å². The van der Waals surface area contributed by atoms with E-state index < -0.39 is 0 Å². The summed E-state index contributed by atoms with van der Waals surface area (Å²) >= 11 is 0. The van der Waals surface area contributed by atoms with E-state index in [4.69, 9.17) is 4.74 Å². The van der Waals surface area contributed by atoms with Crippen LogP contribution in [0.3, 0.4) is 0 Å². The zero-order valence-electron chi connectivity index (χ0n) is 14.9. The molecule has 2 heterocycles. The Morgan fingerprint density at radius 2 is 2.16 bits per heavy atom. The lowest BCUT2D eigenvalue weighted by Crippen LogP contribution is -2.32. The monoisotopic (exact) mass is 342 g/mol. The number of amides is 2. The molecule has 1 atom stereocenters. The molecular weight excluding hydrogens is 316 g/mol. The number of aromatic nitrogens is 2. The summed E-state index contributed by atoms with van der Waals surface area (Å²) in [4.78, 5) is 14.3. The lowest BCUT2D eigenvalue weighted by molar-refractivity contribution is 0.183. The molecule has 0 radical (unpaired) electrons. The molecule has 1 aliphatic rings. The zero-order valence-corrected chi connectivity index (χ0v) is 14.9. The van der Waals surface area contributed by atoms with Gasteiger partial charge in [-0.15, -0.1) is 0 Å². The Labute approximate surface area is 148 Å². The highest BCUT2D eigenvalue weighted by Gasteiger charge is 2.27. The molecule has 1 saturated heterocycles. The van der Waals surface area contributed by atoms with E-state index in [0.29, 0.717) is 19.1 Å². The molecule has 1 aromatic heterocycles. The van der Waals surface area contributed by atoms with E-state index in [1.807, 2.05) is 11.1 Å². The number of aryl methyl sites for hydroxylation is 1. The molecule has 0 bridgehead atoms. The number of methoxy groups -OCH3 is 1. The van der Waals surface area contributed by atoms with E-state index >= 15 is 0 Å². The fraction of sp³-hybridized carbons (Fsp3) is 0.474. The number of rotatable bonds is 6. The van der Waals surface area contributed by atoms with Gasteiger partial charge >= 0.3 is 6.03 Å². The summed E-state index contributed by atoms with van der Waals surface area (Å²) in [6.07, 6.45) is 5.56. The highest BCUT2D eigenvalue weighted by Crippen LogP contribution is 2.27. The fourth-order valence-corrected chi connectivity index (χ4v) is 3.18. The van der Waals surface area contributed by atoms with E-state index in [1.165, 1.54) is 11.1 Å². The van der Waals surface area contributed by atoms with Crippen molar-refractivity contribution in [2.75, 3.05) is 32.1 Å². The largest absolute Gasteiger partial charge is 0.383 e. The molecule has 1 aromatic carbocycles. The van der Waals surface area contributed by atoms with Gasteiger partial charge in [0, 0.05) is 32.3 Å². The summed E-state index contributed by atoms with van der Waals surface area (Å²) in [5.41, 5.74) is 3.39. The Kier molecular flexibility index (Phi) is 5.71. The molecule has 0 saturated carbocycles. The number of nitrogens with zero attached hydrogens (tertiary/aromatic N) is 3. The number of ether oxygens (including phenoxy) is 1. The van der Waals surface area contributed by atoms with Crippen LogP contribution in [0.15, 0.2) is 36.7 Å². The number of urea groups is 1. The average molecular weight is 342 g/mol. The van der Waals surface area contributed by atoms with E-state index in [1.54, 1.807) is 18.0 Å². The molecular formula is C19H26N4O2. The Bertz CT molecular complexity index is 696. The Morgan fingerprint density at radius 1 is 1.36 bits per heavy atom. The summed E-state index contributed by atoms with van der Waals surface area (Å²) in [5.74, 6) is 0.418. The van der Waals surface area contributed by atoms with E-state index in [2.05, 4.69) is 41.6 Å². The lowest BCUT2D eigenvalue weighted by Gasteiger charge is -2.17. The Balaban J connectivity index is 1.54. The van der Waals surface area contributed by atoms with E-state index in [9.17, 15) is 4.79 Å². The van der Waals surface area contributed by atoms with Crippen molar-refractivity contribution in [1.29, 1.82) is 0 Å². The lowest BCUT2D eigenvalue weighted by atomic mass is 9.97. The van der Waals surface area contributed by atoms with Gasteiger partial charge in [0.25, 0.3) is 0 Å². The van der Waals surface area contributed by atoms with Gasteiger partial charge in [0.2, 0.25) is 0 Å². The molecule has 2 aromatic rings. The second-order valence-electron chi connectivity index (χ2n) is 6.44. The minimum absolute atomic E-state index is 0.0565. The van der Waals surface area contributed by atoms with Crippen LogP contribution in [0.5, 0.6) is 0 Å². The van der Waals surface area contributed by atoms with Crippen LogP contribution in [0.25, 0.3) is 0 Å².